The van der Waals surface area contributed by atoms with Crippen molar-refractivity contribution in [1.82, 2.24) is 0 Å². The van der Waals surface area contributed by atoms with Crippen LogP contribution in [-0.2, 0) is 0 Å². The maximum absolute atomic E-state index is 9.40. The maximum Gasteiger partial charge on any atom is 0.135 e. The van der Waals surface area contributed by atoms with Gasteiger partial charge in [-0.05, 0) is 94.0 Å². The molecule has 0 aliphatic heterocycles. The van der Waals surface area contributed by atoms with E-state index in [1.807, 2.05) is 18.2 Å². The summed E-state index contributed by atoms with van der Waals surface area (Å²) in [4.78, 5) is 0. The second-order valence-electron chi connectivity index (χ2n) is 10.1. The fraction of sp³-hybridized carbons (Fsp3) is 0. The summed E-state index contributed by atoms with van der Waals surface area (Å²) in [7, 11) is 0. The highest BCUT2D eigenvalue weighted by Crippen LogP contribution is 2.39. The molecule has 0 aliphatic carbocycles. The van der Waals surface area contributed by atoms with Crippen molar-refractivity contribution in [3.8, 4) is 39.4 Å². The van der Waals surface area contributed by atoms with Crippen LogP contribution in [-0.4, -0.2) is 0 Å². The summed E-state index contributed by atoms with van der Waals surface area (Å²) in [6, 6.07) is 46.9. The van der Waals surface area contributed by atoms with Gasteiger partial charge in [0.2, 0.25) is 0 Å². The van der Waals surface area contributed by atoms with Gasteiger partial charge in [-0.2, -0.15) is 5.26 Å². The predicted octanol–water partition coefficient (Wildman–Crippen LogP) is 10.8. The van der Waals surface area contributed by atoms with Crippen molar-refractivity contribution in [3.05, 3.63) is 133 Å². The van der Waals surface area contributed by atoms with E-state index in [-0.39, 0.29) is 0 Å². The zero-order chi connectivity index (χ0) is 26.6. The summed E-state index contributed by atoms with van der Waals surface area (Å²) in [5.74, 6) is 0. The van der Waals surface area contributed by atoms with E-state index in [9.17, 15) is 5.26 Å². The third-order valence-corrected chi connectivity index (χ3v) is 8.86. The van der Waals surface area contributed by atoms with Crippen molar-refractivity contribution in [2.45, 2.75) is 0 Å². The highest BCUT2D eigenvalue weighted by Gasteiger charge is 2.12. The number of furan rings is 1. The van der Waals surface area contributed by atoms with Crippen LogP contribution in [0.25, 0.3) is 75.5 Å². The zero-order valence-corrected chi connectivity index (χ0v) is 22.2. The molecule has 8 aromatic rings. The standard InChI is InChI=1S/C37H21NOS/c38-22-23-9-15-36-32(17-23)33-21-29(12-16-37(33)40-36)26-8-4-7-25(18-26)28-11-14-35-31(20-28)30-19-27(10-13-34(30)39-35)24-5-2-1-3-6-24/h1-21H. The largest absolute Gasteiger partial charge is 0.456 e. The van der Waals surface area contributed by atoms with Gasteiger partial charge in [0.1, 0.15) is 11.2 Å². The van der Waals surface area contributed by atoms with Crippen LogP contribution in [0.4, 0.5) is 0 Å². The van der Waals surface area contributed by atoms with E-state index in [4.69, 9.17) is 4.42 Å². The Morgan fingerprint density at radius 3 is 1.65 bits per heavy atom. The molecule has 0 spiro atoms. The number of thiophene rings is 1. The molecule has 2 nitrogen and oxygen atoms in total. The van der Waals surface area contributed by atoms with Crippen molar-refractivity contribution < 1.29 is 4.42 Å². The van der Waals surface area contributed by atoms with Crippen LogP contribution in [0, 0.1) is 11.3 Å². The maximum atomic E-state index is 9.40. The van der Waals surface area contributed by atoms with Gasteiger partial charge < -0.3 is 4.42 Å². The van der Waals surface area contributed by atoms with Crippen molar-refractivity contribution in [1.29, 1.82) is 5.26 Å². The fourth-order valence-electron chi connectivity index (χ4n) is 5.67. The molecule has 0 amide bonds. The van der Waals surface area contributed by atoms with Crippen molar-refractivity contribution in [2.24, 2.45) is 0 Å². The first-order valence-electron chi connectivity index (χ1n) is 13.2. The van der Waals surface area contributed by atoms with Crippen LogP contribution >= 0.6 is 11.3 Å². The minimum atomic E-state index is 0.692. The molecule has 3 heteroatoms. The molecule has 8 rings (SSSR count). The summed E-state index contributed by atoms with van der Waals surface area (Å²) in [5, 5.41) is 14.0. The van der Waals surface area contributed by atoms with Gasteiger partial charge >= 0.3 is 0 Å². The normalized spacial score (nSPS) is 11.5. The molecule has 6 aromatic carbocycles. The van der Waals surface area contributed by atoms with Crippen molar-refractivity contribution >= 4 is 53.4 Å². The van der Waals surface area contributed by atoms with Crippen molar-refractivity contribution in [2.75, 3.05) is 0 Å². The molecule has 0 saturated carbocycles. The number of nitrogens with zero attached hydrogens (tertiary/aromatic N) is 1. The van der Waals surface area contributed by atoms with Gasteiger partial charge in [0.25, 0.3) is 0 Å². The first kappa shape index (κ1) is 22.8. The minimum absolute atomic E-state index is 0.692. The molecule has 2 aromatic heterocycles. The smallest absolute Gasteiger partial charge is 0.135 e. The average molecular weight is 528 g/mol. The highest BCUT2D eigenvalue weighted by molar-refractivity contribution is 7.25. The summed E-state index contributed by atoms with van der Waals surface area (Å²) in [6.45, 7) is 0. The molecule has 0 radical (unpaired) electrons. The van der Waals surface area contributed by atoms with E-state index in [2.05, 4.69) is 115 Å². The molecule has 0 unspecified atom stereocenters. The van der Waals surface area contributed by atoms with E-state index < -0.39 is 0 Å². The third kappa shape index (κ3) is 3.70. The Balaban J connectivity index is 1.23. The first-order chi connectivity index (χ1) is 19.7. The number of hydrogen-bond donors (Lipinski definition) is 0. The molecule has 40 heavy (non-hydrogen) atoms. The molecule has 0 atom stereocenters. The zero-order valence-electron chi connectivity index (χ0n) is 21.4. The van der Waals surface area contributed by atoms with E-state index >= 15 is 0 Å². The Kier molecular flexibility index (Phi) is 5.10. The summed E-state index contributed by atoms with van der Waals surface area (Å²) >= 11 is 1.77. The predicted molar refractivity (Wildman–Crippen MR) is 168 cm³/mol. The quantitative estimate of drug-likeness (QED) is 0.229. The van der Waals surface area contributed by atoms with Gasteiger partial charge in [-0.25, -0.2) is 0 Å². The Labute approximate surface area is 235 Å². The highest BCUT2D eigenvalue weighted by atomic mass is 32.1. The Morgan fingerprint density at radius 1 is 0.450 bits per heavy atom. The SMILES string of the molecule is N#Cc1ccc2sc3ccc(-c4cccc(-c5ccc6oc7ccc(-c8ccccc8)cc7c6c5)c4)cc3c2c1. The number of fused-ring (bicyclic) bond motifs is 6. The summed E-state index contributed by atoms with van der Waals surface area (Å²) in [5.41, 5.74) is 9.51. The summed E-state index contributed by atoms with van der Waals surface area (Å²) < 4.78 is 8.63. The Hall–Kier alpha value is -5.17. The topological polar surface area (TPSA) is 36.9 Å². The summed E-state index contributed by atoms with van der Waals surface area (Å²) in [6.07, 6.45) is 0. The molecule has 186 valence electrons. The molecule has 0 bridgehead atoms. The lowest BCUT2D eigenvalue weighted by Crippen LogP contribution is -1.82. The van der Waals surface area contributed by atoms with Crippen LogP contribution in [0.15, 0.2) is 132 Å². The van der Waals surface area contributed by atoms with Gasteiger partial charge in [0, 0.05) is 30.9 Å². The lowest BCUT2D eigenvalue weighted by molar-refractivity contribution is 0.669. The Morgan fingerprint density at radius 2 is 0.975 bits per heavy atom. The molecular formula is C37H21NOS. The fourth-order valence-corrected chi connectivity index (χ4v) is 6.74. The van der Waals surface area contributed by atoms with Crippen LogP contribution in [0.1, 0.15) is 5.56 Å². The molecular weight excluding hydrogens is 506 g/mol. The van der Waals surface area contributed by atoms with E-state index in [1.165, 1.54) is 37.0 Å². The second-order valence-corrected chi connectivity index (χ2v) is 11.2. The van der Waals surface area contributed by atoms with Crippen LogP contribution in [0.3, 0.4) is 0 Å². The number of benzene rings is 6. The lowest BCUT2D eigenvalue weighted by atomic mass is 9.96. The monoisotopic (exact) mass is 527 g/mol. The average Bonchev–Trinajstić information content (AvgIpc) is 3.58. The van der Waals surface area contributed by atoms with Gasteiger partial charge in [0.15, 0.2) is 0 Å². The molecule has 0 N–H and O–H groups in total. The lowest BCUT2D eigenvalue weighted by Gasteiger charge is -2.07. The van der Waals surface area contributed by atoms with Crippen LogP contribution in [0.2, 0.25) is 0 Å². The number of nitriles is 1. The van der Waals surface area contributed by atoms with Crippen LogP contribution in [0.5, 0.6) is 0 Å². The molecule has 0 saturated heterocycles. The van der Waals surface area contributed by atoms with Gasteiger partial charge in [-0.3, -0.25) is 0 Å². The van der Waals surface area contributed by atoms with E-state index in [1.54, 1.807) is 11.3 Å². The molecule has 0 fully saturated rings. The minimum Gasteiger partial charge on any atom is -0.456 e. The van der Waals surface area contributed by atoms with Gasteiger partial charge in [-0.15, -0.1) is 11.3 Å². The molecule has 2 heterocycles. The van der Waals surface area contributed by atoms with E-state index in [0.717, 1.165) is 38.5 Å². The van der Waals surface area contributed by atoms with Gasteiger partial charge in [0.05, 0.1) is 11.6 Å². The van der Waals surface area contributed by atoms with Crippen molar-refractivity contribution in [3.63, 3.8) is 0 Å². The van der Waals surface area contributed by atoms with Crippen LogP contribution < -0.4 is 0 Å². The number of hydrogen-bond acceptors (Lipinski definition) is 3. The number of rotatable bonds is 3. The third-order valence-electron chi connectivity index (χ3n) is 7.70. The second kappa shape index (κ2) is 8.95. The van der Waals surface area contributed by atoms with Gasteiger partial charge in [-0.1, -0.05) is 66.7 Å². The molecule has 0 aliphatic rings. The Bertz CT molecular complexity index is 2280. The first-order valence-corrected chi connectivity index (χ1v) is 14.0. The van der Waals surface area contributed by atoms with E-state index in [0.29, 0.717) is 5.56 Å².